The zero-order chi connectivity index (χ0) is 19.9. The summed E-state index contributed by atoms with van der Waals surface area (Å²) in [6.07, 6.45) is 0. The lowest BCUT2D eigenvalue weighted by Gasteiger charge is -2.01. The molecule has 1 aromatic carbocycles. The molecular formula is C16H16N6O2S4. The average Bonchev–Trinajstić information content (AvgIpc) is 3.30. The summed E-state index contributed by atoms with van der Waals surface area (Å²) in [5, 5.41) is 22.2. The molecule has 0 aliphatic heterocycles. The van der Waals surface area contributed by atoms with E-state index in [9.17, 15) is 9.59 Å². The fraction of sp³-hybridized carbons (Fsp3) is 0.250. The van der Waals surface area contributed by atoms with Gasteiger partial charge in [0.25, 0.3) is 5.91 Å². The Kier molecular flexibility index (Phi) is 7.36. The maximum atomic E-state index is 12.2. The first-order valence-electron chi connectivity index (χ1n) is 8.14. The summed E-state index contributed by atoms with van der Waals surface area (Å²) >= 11 is 5.38. The molecule has 12 heteroatoms. The minimum absolute atomic E-state index is 0.163. The fourth-order valence-corrected chi connectivity index (χ4v) is 5.13. The third-order valence-corrected chi connectivity index (χ3v) is 7.01. The maximum Gasteiger partial charge on any atom is 0.257 e. The molecule has 3 aromatic rings. The number of rotatable bonds is 8. The van der Waals surface area contributed by atoms with Crippen molar-refractivity contribution in [2.75, 3.05) is 22.1 Å². The molecule has 0 unspecified atom stereocenters. The molecule has 2 N–H and O–H groups in total. The molecule has 0 saturated carbocycles. The predicted molar refractivity (Wildman–Crippen MR) is 115 cm³/mol. The van der Waals surface area contributed by atoms with Crippen molar-refractivity contribution < 1.29 is 9.59 Å². The Bertz CT molecular complexity index is 956. The van der Waals surface area contributed by atoms with Crippen molar-refractivity contribution in [3.63, 3.8) is 0 Å². The van der Waals surface area contributed by atoms with E-state index in [0.29, 0.717) is 20.2 Å². The zero-order valence-corrected chi connectivity index (χ0v) is 18.2. The van der Waals surface area contributed by atoms with Crippen LogP contribution in [-0.2, 0) is 4.79 Å². The highest BCUT2D eigenvalue weighted by Crippen LogP contribution is 2.27. The number of hydrogen-bond donors (Lipinski definition) is 2. The van der Waals surface area contributed by atoms with Gasteiger partial charge in [-0.1, -0.05) is 70.8 Å². The molecule has 0 fully saturated rings. The van der Waals surface area contributed by atoms with Crippen LogP contribution in [0.15, 0.2) is 32.9 Å². The quantitative estimate of drug-likeness (QED) is 0.392. The summed E-state index contributed by atoms with van der Waals surface area (Å²) in [5.41, 5.74) is 1.63. The third-order valence-electron chi connectivity index (χ3n) is 3.19. The molecule has 0 aliphatic rings. The third kappa shape index (κ3) is 5.99. The van der Waals surface area contributed by atoms with E-state index in [1.54, 1.807) is 23.9 Å². The van der Waals surface area contributed by atoms with Gasteiger partial charge in [-0.05, 0) is 24.8 Å². The SMILES string of the molecule is CCSc1nnc(NC(=O)CSc2nnc(NC(=O)c3ccc(C)cc3)s2)s1. The van der Waals surface area contributed by atoms with Gasteiger partial charge in [-0.3, -0.25) is 20.2 Å². The van der Waals surface area contributed by atoms with Crippen molar-refractivity contribution in [1.29, 1.82) is 0 Å². The van der Waals surface area contributed by atoms with E-state index in [-0.39, 0.29) is 17.6 Å². The van der Waals surface area contributed by atoms with Gasteiger partial charge < -0.3 is 0 Å². The Balaban J connectivity index is 1.48. The minimum Gasteiger partial charge on any atom is -0.300 e. The largest absolute Gasteiger partial charge is 0.300 e. The molecule has 2 heterocycles. The highest BCUT2D eigenvalue weighted by molar-refractivity contribution is 8.01. The van der Waals surface area contributed by atoms with Crippen LogP contribution < -0.4 is 10.6 Å². The van der Waals surface area contributed by atoms with Gasteiger partial charge in [-0.15, -0.1) is 20.4 Å². The summed E-state index contributed by atoms with van der Waals surface area (Å²) in [4.78, 5) is 24.2. The number of aromatic nitrogens is 4. The van der Waals surface area contributed by atoms with Gasteiger partial charge in [0.2, 0.25) is 16.2 Å². The summed E-state index contributed by atoms with van der Waals surface area (Å²) < 4.78 is 1.41. The topological polar surface area (TPSA) is 110 Å². The first-order valence-corrected chi connectivity index (χ1v) is 11.7. The number of nitrogens with zero attached hydrogens (tertiary/aromatic N) is 4. The van der Waals surface area contributed by atoms with E-state index in [1.807, 2.05) is 26.0 Å². The Morgan fingerprint density at radius 2 is 1.54 bits per heavy atom. The Labute approximate surface area is 178 Å². The molecule has 28 heavy (non-hydrogen) atoms. The lowest BCUT2D eigenvalue weighted by atomic mass is 10.1. The number of aryl methyl sites for hydroxylation is 1. The van der Waals surface area contributed by atoms with Gasteiger partial charge in [0, 0.05) is 5.56 Å². The van der Waals surface area contributed by atoms with E-state index < -0.39 is 0 Å². The zero-order valence-electron chi connectivity index (χ0n) is 15.0. The van der Waals surface area contributed by atoms with Crippen molar-refractivity contribution in [2.45, 2.75) is 22.5 Å². The summed E-state index contributed by atoms with van der Waals surface area (Å²) in [7, 11) is 0. The number of benzene rings is 1. The molecule has 0 aliphatic carbocycles. The highest BCUT2D eigenvalue weighted by atomic mass is 32.2. The second-order valence-electron chi connectivity index (χ2n) is 5.34. The average molecular weight is 453 g/mol. The Hall–Kier alpha value is -2.02. The lowest BCUT2D eigenvalue weighted by Crippen LogP contribution is -2.13. The fourth-order valence-electron chi connectivity index (χ4n) is 1.92. The molecule has 0 spiro atoms. The smallest absolute Gasteiger partial charge is 0.257 e. The van der Waals surface area contributed by atoms with Crippen LogP contribution >= 0.6 is 46.2 Å². The Morgan fingerprint density at radius 3 is 2.18 bits per heavy atom. The van der Waals surface area contributed by atoms with E-state index in [2.05, 4.69) is 31.0 Å². The molecule has 2 aromatic heterocycles. The van der Waals surface area contributed by atoms with Crippen LogP contribution in [-0.4, -0.2) is 43.7 Å². The van der Waals surface area contributed by atoms with Gasteiger partial charge in [0.05, 0.1) is 5.75 Å². The molecule has 146 valence electrons. The van der Waals surface area contributed by atoms with Gasteiger partial charge in [0.1, 0.15) is 0 Å². The first kappa shape index (κ1) is 20.7. The highest BCUT2D eigenvalue weighted by Gasteiger charge is 2.13. The standard InChI is InChI=1S/C16H16N6O2S4/c1-3-25-15-21-19-13(27-15)17-11(23)8-26-16-22-20-14(28-16)18-12(24)10-6-4-9(2)5-7-10/h4-7H,3,8H2,1-2H3,(H,17,19,23)(H,18,20,24). The monoisotopic (exact) mass is 452 g/mol. The minimum atomic E-state index is -0.248. The van der Waals surface area contributed by atoms with Crippen molar-refractivity contribution in [3.8, 4) is 0 Å². The van der Waals surface area contributed by atoms with Crippen molar-refractivity contribution in [1.82, 2.24) is 20.4 Å². The lowest BCUT2D eigenvalue weighted by molar-refractivity contribution is -0.113. The van der Waals surface area contributed by atoms with Gasteiger partial charge >= 0.3 is 0 Å². The number of nitrogens with one attached hydrogen (secondary N) is 2. The van der Waals surface area contributed by atoms with Crippen molar-refractivity contribution >= 4 is 68.3 Å². The van der Waals surface area contributed by atoms with Crippen LogP contribution in [0.4, 0.5) is 10.3 Å². The van der Waals surface area contributed by atoms with E-state index in [0.717, 1.165) is 15.7 Å². The maximum absolute atomic E-state index is 12.2. The summed E-state index contributed by atoms with van der Waals surface area (Å²) in [6, 6.07) is 7.25. The van der Waals surface area contributed by atoms with Crippen LogP contribution in [0.3, 0.4) is 0 Å². The molecular weight excluding hydrogens is 436 g/mol. The molecule has 0 saturated heterocycles. The van der Waals surface area contributed by atoms with Crippen LogP contribution in [0.25, 0.3) is 0 Å². The Morgan fingerprint density at radius 1 is 0.929 bits per heavy atom. The van der Waals surface area contributed by atoms with E-state index >= 15 is 0 Å². The number of hydrogen-bond acceptors (Lipinski definition) is 10. The predicted octanol–water partition coefficient (Wildman–Crippen LogP) is 3.79. The number of carbonyl (C=O) groups excluding carboxylic acids is 2. The molecule has 0 atom stereocenters. The second kappa shape index (κ2) is 9.96. The molecule has 3 rings (SSSR count). The van der Waals surface area contributed by atoms with Crippen LogP contribution in [0, 0.1) is 6.92 Å². The van der Waals surface area contributed by atoms with Crippen molar-refractivity contribution in [2.24, 2.45) is 0 Å². The van der Waals surface area contributed by atoms with E-state index in [4.69, 9.17) is 0 Å². The molecule has 8 nitrogen and oxygen atoms in total. The molecule has 2 amide bonds. The first-order chi connectivity index (χ1) is 13.5. The molecule has 0 bridgehead atoms. The normalized spacial score (nSPS) is 10.6. The van der Waals surface area contributed by atoms with Gasteiger partial charge in [-0.2, -0.15) is 0 Å². The van der Waals surface area contributed by atoms with Crippen LogP contribution in [0.5, 0.6) is 0 Å². The van der Waals surface area contributed by atoms with Crippen LogP contribution in [0.1, 0.15) is 22.8 Å². The number of anilines is 2. The number of thioether (sulfide) groups is 2. The number of carbonyl (C=O) groups is 2. The molecule has 0 radical (unpaired) electrons. The van der Waals surface area contributed by atoms with Crippen molar-refractivity contribution in [3.05, 3.63) is 35.4 Å². The second-order valence-corrected chi connectivity index (χ2v) is 10.0. The van der Waals surface area contributed by atoms with E-state index in [1.165, 1.54) is 34.4 Å². The summed E-state index contributed by atoms with van der Waals surface area (Å²) in [6.45, 7) is 3.99. The van der Waals surface area contributed by atoms with Gasteiger partial charge in [0.15, 0.2) is 8.68 Å². The summed E-state index contributed by atoms with van der Waals surface area (Å²) in [5.74, 6) is 0.617. The van der Waals surface area contributed by atoms with Gasteiger partial charge in [-0.25, -0.2) is 0 Å². The number of amides is 2. The van der Waals surface area contributed by atoms with Crippen LogP contribution in [0.2, 0.25) is 0 Å².